The highest BCUT2D eigenvalue weighted by molar-refractivity contribution is 5.97. The van der Waals surface area contributed by atoms with E-state index in [1.807, 2.05) is 0 Å². The Morgan fingerprint density at radius 1 is 1.33 bits per heavy atom. The van der Waals surface area contributed by atoms with Gasteiger partial charge in [-0.3, -0.25) is 23.6 Å². The Bertz CT molecular complexity index is 1120. The first-order valence-electron chi connectivity index (χ1n) is 8.18. The van der Waals surface area contributed by atoms with E-state index >= 15 is 0 Å². The van der Waals surface area contributed by atoms with Crippen molar-refractivity contribution in [1.29, 1.82) is 0 Å². The number of para-hydroxylation sites is 2. The van der Waals surface area contributed by atoms with Gasteiger partial charge in [0.1, 0.15) is 24.0 Å². The number of nitrogens with two attached hydrogens (primary N) is 1. The molecule has 1 aromatic carbocycles. The summed E-state index contributed by atoms with van der Waals surface area (Å²) < 4.78 is 8.24. The van der Waals surface area contributed by atoms with Crippen LogP contribution in [0.15, 0.2) is 41.6 Å². The van der Waals surface area contributed by atoms with Crippen molar-refractivity contribution in [2.24, 2.45) is 12.8 Å². The van der Waals surface area contributed by atoms with Crippen LogP contribution < -0.4 is 20.9 Å². The average Bonchev–Trinajstić information content (AvgIpc) is 3.04. The first-order valence-corrected chi connectivity index (χ1v) is 8.18. The molecule has 3 heterocycles. The van der Waals surface area contributed by atoms with E-state index in [1.165, 1.54) is 26.7 Å². The van der Waals surface area contributed by atoms with Gasteiger partial charge in [0, 0.05) is 7.05 Å². The molecule has 4 rings (SSSR count). The zero-order chi connectivity index (χ0) is 19.1. The number of aromatic nitrogens is 4. The van der Waals surface area contributed by atoms with Crippen LogP contribution in [0.2, 0.25) is 0 Å². The van der Waals surface area contributed by atoms with Crippen molar-refractivity contribution in [3.8, 4) is 5.75 Å². The van der Waals surface area contributed by atoms with Crippen molar-refractivity contribution < 1.29 is 14.3 Å². The predicted molar refractivity (Wildman–Crippen MR) is 95.2 cm³/mol. The van der Waals surface area contributed by atoms with Gasteiger partial charge >= 0.3 is 0 Å². The Labute approximate surface area is 152 Å². The number of anilines is 1. The maximum absolute atomic E-state index is 12.9. The lowest BCUT2D eigenvalue weighted by atomic mass is 10.1. The van der Waals surface area contributed by atoms with Crippen LogP contribution in [-0.4, -0.2) is 43.8 Å². The van der Waals surface area contributed by atoms with Crippen molar-refractivity contribution in [1.82, 2.24) is 19.3 Å². The van der Waals surface area contributed by atoms with E-state index in [-0.39, 0.29) is 24.6 Å². The Balaban J connectivity index is 1.67. The molecule has 27 heavy (non-hydrogen) atoms. The Morgan fingerprint density at radius 3 is 2.89 bits per heavy atom. The van der Waals surface area contributed by atoms with Crippen molar-refractivity contribution in [3.05, 3.63) is 47.1 Å². The molecule has 10 heteroatoms. The second kappa shape index (κ2) is 6.24. The maximum atomic E-state index is 12.9. The molecule has 2 aromatic heterocycles. The molecule has 1 aliphatic heterocycles. The Hall–Kier alpha value is -3.69. The van der Waals surface area contributed by atoms with Crippen molar-refractivity contribution >= 4 is 28.5 Å². The SMILES string of the molecule is Cn1ncc2c(=O)n(CC(=O)N3C[C@@H](C(N)=O)Oc4ccccc43)cnc21. The number of nitrogens with zero attached hydrogens (tertiary/aromatic N) is 5. The largest absolute Gasteiger partial charge is 0.477 e. The third kappa shape index (κ3) is 2.80. The fourth-order valence-electron chi connectivity index (χ4n) is 3.03. The summed E-state index contributed by atoms with van der Waals surface area (Å²) >= 11 is 0. The van der Waals surface area contributed by atoms with Gasteiger partial charge in [-0.15, -0.1) is 0 Å². The van der Waals surface area contributed by atoms with Gasteiger partial charge < -0.3 is 15.4 Å². The summed E-state index contributed by atoms with van der Waals surface area (Å²) in [6.07, 6.45) is 1.76. The van der Waals surface area contributed by atoms with Crippen molar-refractivity contribution in [2.45, 2.75) is 12.6 Å². The molecule has 0 radical (unpaired) electrons. The molecular weight excluding hydrogens is 352 g/mol. The molecule has 0 saturated heterocycles. The van der Waals surface area contributed by atoms with Crippen LogP contribution in [0.3, 0.4) is 0 Å². The van der Waals surface area contributed by atoms with Gasteiger partial charge in [0.2, 0.25) is 5.91 Å². The molecule has 10 nitrogen and oxygen atoms in total. The van der Waals surface area contributed by atoms with Crippen LogP contribution in [-0.2, 0) is 23.2 Å². The maximum Gasteiger partial charge on any atom is 0.264 e. The lowest BCUT2D eigenvalue weighted by Gasteiger charge is -2.33. The number of amides is 2. The molecule has 1 atom stereocenters. The molecule has 0 bridgehead atoms. The summed E-state index contributed by atoms with van der Waals surface area (Å²) in [6.45, 7) is -0.265. The molecule has 1 aliphatic rings. The first kappa shape index (κ1) is 16.8. The third-order valence-electron chi connectivity index (χ3n) is 4.42. The second-order valence-corrected chi connectivity index (χ2v) is 6.16. The second-order valence-electron chi connectivity index (χ2n) is 6.16. The summed E-state index contributed by atoms with van der Waals surface area (Å²) in [7, 11) is 1.68. The molecule has 2 amide bonds. The highest BCUT2D eigenvalue weighted by atomic mass is 16.5. The normalized spacial score (nSPS) is 16.0. The minimum absolute atomic E-state index is 0.0253. The van der Waals surface area contributed by atoms with E-state index < -0.39 is 12.0 Å². The van der Waals surface area contributed by atoms with Gasteiger partial charge in [0.25, 0.3) is 11.5 Å². The van der Waals surface area contributed by atoms with Crippen molar-refractivity contribution in [3.63, 3.8) is 0 Å². The van der Waals surface area contributed by atoms with Gasteiger partial charge in [-0.1, -0.05) is 12.1 Å². The Morgan fingerprint density at radius 2 is 2.11 bits per heavy atom. The quantitative estimate of drug-likeness (QED) is 0.659. The molecule has 0 saturated carbocycles. The van der Waals surface area contributed by atoms with Crippen LogP contribution in [0, 0.1) is 0 Å². The van der Waals surface area contributed by atoms with E-state index in [0.717, 1.165) is 0 Å². The molecule has 0 aliphatic carbocycles. The number of rotatable bonds is 3. The van der Waals surface area contributed by atoms with Crippen molar-refractivity contribution in [2.75, 3.05) is 11.4 Å². The standard InChI is InChI=1S/C17H16N6O4/c1-21-16-10(6-20-21)17(26)22(9-19-16)8-14(24)23-7-13(15(18)25)27-12-5-3-2-4-11(12)23/h2-6,9,13H,7-8H2,1H3,(H2,18,25)/t13-/m0/s1. The average molecular weight is 368 g/mol. The van der Waals surface area contributed by atoms with Gasteiger partial charge in [0.15, 0.2) is 11.8 Å². The number of ether oxygens (including phenoxy) is 1. The van der Waals surface area contributed by atoms with E-state index in [2.05, 4.69) is 10.1 Å². The third-order valence-corrected chi connectivity index (χ3v) is 4.42. The number of carbonyl (C=O) groups excluding carboxylic acids is 2. The number of primary amides is 1. The zero-order valence-electron chi connectivity index (χ0n) is 14.4. The summed E-state index contributed by atoms with van der Waals surface area (Å²) in [5, 5.41) is 4.33. The molecule has 0 fully saturated rings. The van der Waals surface area contributed by atoms with Gasteiger partial charge in [-0.2, -0.15) is 5.10 Å². The molecular formula is C17H16N6O4. The van der Waals surface area contributed by atoms with E-state index in [9.17, 15) is 14.4 Å². The van der Waals surface area contributed by atoms with Crippen LogP contribution >= 0.6 is 0 Å². The lowest BCUT2D eigenvalue weighted by molar-refractivity contribution is -0.125. The summed E-state index contributed by atoms with van der Waals surface area (Å²) in [4.78, 5) is 42.6. The fourth-order valence-corrected chi connectivity index (χ4v) is 3.03. The molecule has 138 valence electrons. The first-order chi connectivity index (χ1) is 13.0. The number of hydrogen-bond acceptors (Lipinski definition) is 6. The number of hydrogen-bond donors (Lipinski definition) is 1. The molecule has 0 unspecified atom stereocenters. The van der Waals surface area contributed by atoms with Crippen LogP contribution in [0.4, 0.5) is 5.69 Å². The monoisotopic (exact) mass is 368 g/mol. The van der Waals surface area contributed by atoms with E-state index in [0.29, 0.717) is 22.5 Å². The Kier molecular flexibility index (Phi) is 3.87. The predicted octanol–water partition coefficient (Wildman–Crippen LogP) is -0.590. The number of benzene rings is 1. The number of carbonyl (C=O) groups is 2. The van der Waals surface area contributed by atoms with E-state index in [1.54, 1.807) is 31.3 Å². The minimum atomic E-state index is -0.959. The summed E-state index contributed by atoms with van der Waals surface area (Å²) in [5.74, 6) is -0.670. The molecule has 3 aromatic rings. The highest BCUT2D eigenvalue weighted by Gasteiger charge is 2.32. The summed E-state index contributed by atoms with van der Waals surface area (Å²) in [5.41, 5.74) is 5.94. The zero-order valence-corrected chi connectivity index (χ0v) is 14.4. The molecule has 2 N–H and O–H groups in total. The van der Waals surface area contributed by atoms with E-state index in [4.69, 9.17) is 10.5 Å². The number of aryl methyl sites for hydroxylation is 1. The fraction of sp³-hybridized carbons (Fsp3) is 0.235. The topological polar surface area (TPSA) is 125 Å². The smallest absolute Gasteiger partial charge is 0.264 e. The van der Waals surface area contributed by atoms with Crippen LogP contribution in [0.5, 0.6) is 5.75 Å². The van der Waals surface area contributed by atoms with Gasteiger partial charge in [0.05, 0.1) is 18.4 Å². The summed E-state index contributed by atoms with van der Waals surface area (Å²) in [6, 6.07) is 6.84. The van der Waals surface area contributed by atoms with Gasteiger partial charge in [-0.25, -0.2) is 4.98 Å². The number of fused-ring (bicyclic) bond motifs is 2. The van der Waals surface area contributed by atoms with Gasteiger partial charge in [-0.05, 0) is 12.1 Å². The lowest BCUT2D eigenvalue weighted by Crippen LogP contribution is -2.50. The minimum Gasteiger partial charge on any atom is -0.477 e. The molecule has 0 spiro atoms. The van der Waals surface area contributed by atoms with Crippen LogP contribution in [0.1, 0.15) is 0 Å². The highest BCUT2D eigenvalue weighted by Crippen LogP contribution is 2.33. The van der Waals surface area contributed by atoms with Crippen LogP contribution in [0.25, 0.3) is 11.0 Å².